The Bertz CT molecular complexity index is 515. The van der Waals surface area contributed by atoms with E-state index in [9.17, 15) is 5.11 Å². The highest BCUT2D eigenvalue weighted by Crippen LogP contribution is 2.23. The van der Waals surface area contributed by atoms with Crippen molar-refractivity contribution in [2.45, 2.75) is 24.4 Å². The average Bonchev–Trinajstić information content (AvgIpc) is 2.51. The van der Waals surface area contributed by atoms with E-state index >= 15 is 0 Å². The van der Waals surface area contributed by atoms with E-state index in [4.69, 9.17) is 0 Å². The smallest absolute Gasteiger partial charge is 0.0626 e. The lowest BCUT2D eigenvalue weighted by Crippen LogP contribution is -2.24. The third kappa shape index (κ3) is 4.10. The summed E-state index contributed by atoms with van der Waals surface area (Å²) < 4.78 is 0. The molecule has 0 aromatic heterocycles. The summed E-state index contributed by atoms with van der Waals surface area (Å²) in [5.74, 6) is 1.07. The Kier molecular flexibility index (Phi) is 6.12. The average molecular weight is 287 g/mol. The van der Waals surface area contributed by atoms with Crippen LogP contribution in [0.25, 0.3) is 0 Å². The van der Waals surface area contributed by atoms with E-state index < -0.39 is 0 Å². The van der Waals surface area contributed by atoms with Crippen molar-refractivity contribution in [1.82, 2.24) is 5.32 Å². The van der Waals surface area contributed by atoms with Crippen LogP contribution in [0.3, 0.4) is 0 Å². The summed E-state index contributed by atoms with van der Waals surface area (Å²) in [5, 5.41) is 13.0. The van der Waals surface area contributed by atoms with E-state index in [0.717, 1.165) is 17.9 Å². The number of thioether (sulfide) groups is 1. The molecule has 0 aliphatic rings. The molecular formula is C17H21NOS. The Morgan fingerprint density at radius 2 is 1.75 bits per heavy atom. The van der Waals surface area contributed by atoms with E-state index in [1.165, 1.54) is 10.5 Å². The lowest BCUT2D eigenvalue weighted by Gasteiger charge is -2.18. The molecular weight excluding hydrogens is 266 g/mol. The zero-order chi connectivity index (χ0) is 14.2. The van der Waals surface area contributed by atoms with Crippen LogP contribution in [0, 0.1) is 0 Å². The highest BCUT2D eigenvalue weighted by atomic mass is 32.2. The molecule has 0 bridgehead atoms. The van der Waals surface area contributed by atoms with Crippen molar-refractivity contribution < 1.29 is 5.11 Å². The van der Waals surface area contributed by atoms with Gasteiger partial charge in [-0.1, -0.05) is 55.5 Å². The molecule has 0 unspecified atom stereocenters. The molecule has 106 valence electrons. The number of hydrogen-bond acceptors (Lipinski definition) is 3. The number of rotatable bonds is 7. The fourth-order valence-electron chi connectivity index (χ4n) is 2.15. The Morgan fingerprint density at radius 1 is 1.05 bits per heavy atom. The third-order valence-corrected chi connectivity index (χ3v) is 4.19. The van der Waals surface area contributed by atoms with Crippen LogP contribution < -0.4 is 5.32 Å². The van der Waals surface area contributed by atoms with E-state index in [1.807, 2.05) is 42.1 Å². The normalized spacial score (nSPS) is 12.3. The molecule has 0 saturated heterocycles. The maximum absolute atomic E-state index is 9.56. The summed E-state index contributed by atoms with van der Waals surface area (Å²) in [6, 6.07) is 18.5. The van der Waals surface area contributed by atoms with Gasteiger partial charge in [-0.3, -0.25) is 0 Å². The summed E-state index contributed by atoms with van der Waals surface area (Å²) in [6.07, 6.45) is 0. The standard InChI is InChI=1S/C17H21NOS/c1-2-20-17-11-7-6-10-15(17)12-18-16(13-19)14-8-4-3-5-9-14/h3-11,16,18-19H,2,12-13H2,1H3/t16-/m0/s1. The van der Waals surface area contributed by atoms with E-state index in [0.29, 0.717) is 0 Å². The molecule has 2 aromatic rings. The number of aliphatic hydroxyl groups is 1. The van der Waals surface area contributed by atoms with Crippen LogP contribution in [0.15, 0.2) is 59.5 Å². The molecule has 0 spiro atoms. The number of hydrogen-bond donors (Lipinski definition) is 2. The van der Waals surface area contributed by atoms with Gasteiger partial charge in [0.05, 0.1) is 12.6 Å². The molecule has 0 heterocycles. The second-order valence-corrected chi connectivity index (χ2v) is 5.87. The second kappa shape index (κ2) is 8.10. The topological polar surface area (TPSA) is 32.3 Å². The van der Waals surface area contributed by atoms with Crippen LogP contribution in [0.1, 0.15) is 24.1 Å². The number of nitrogens with one attached hydrogen (secondary N) is 1. The Labute approximate surface area is 125 Å². The van der Waals surface area contributed by atoms with Crippen molar-refractivity contribution in [3.63, 3.8) is 0 Å². The largest absolute Gasteiger partial charge is 0.394 e. The molecule has 3 heteroatoms. The number of aliphatic hydroxyl groups excluding tert-OH is 1. The van der Waals surface area contributed by atoms with Crippen molar-refractivity contribution in [3.05, 3.63) is 65.7 Å². The van der Waals surface area contributed by atoms with Crippen molar-refractivity contribution in [3.8, 4) is 0 Å². The van der Waals surface area contributed by atoms with Gasteiger partial charge < -0.3 is 10.4 Å². The second-order valence-electron chi connectivity index (χ2n) is 4.57. The van der Waals surface area contributed by atoms with Crippen molar-refractivity contribution >= 4 is 11.8 Å². The summed E-state index contributed by atoms with van der Waals surface area (Å²) in [7, 11) is 0. The van der Waals surface area contributed by atoms with Gasteiger partial charge in [0, 0.05) is 11.4 Å². The molecule has 1 atom stereocenters. The molecule has 20 heavy (non-hydrogen) atoms. The molecule has 0 aliphatic heterocycles. The lowest BCUT2D eigenvalue weighted by atomic mass is 10.1. The predicted molar refractivity (Wildman–Crippen MR) is 85.9 cm³/mol. The molecule has 2 nitrogen and oxygen atoms in total. The molecule has 0 aliphatic carbocycles. The summed E-state index contributed by atoms with van der Waals surface area (Å²) in [6.45, 7) is 3.03. The first kappa shape index (κ1) is 15.1. The van der Waals surface area contributed by atoms with Crippen molar-refractivity contribution in [1.29, 1.82) is 0 Å². The molecule has 0 amide bonds. The first-order chi connectivity index (χ1) is 9.85. The van der Waals surface area contributed by atoms with Crippen LogP contribution in [-0.2, 0) is 6.54 Å². The minimum Gasteiger partial charge on any atom is -0.394 e. The zero-order valence-corrected chi connectivity index (χ0v) is 12.6. The molecule has 0 saturated carbocycles. The van der Waals surface area contributed by atoms with Gasteiger partial charge in [-0.25, -0.2) is 0 Å². The maximum Gasteiger partial charge on any atom is 0.0626 e. The van der Waals surface area contributed by atoms with Crippen LogP contribution in [-0.4, -0.2) is 17.5 Å². The molecule has 2 rings (SSSR count). The lowest BCUT2D eigenvalue weighted by molar-refractivity contribution is 0.243. The zero-order valence-electron chi connectivity index (χ0n) is 11.8. The van der Waals surface area contributed by atoms with Gasteiger partial charge in [-0.2, -0.15) is 0 Å². The quantitative estimate of drug-likeness (QED) is 0.763. The third-order valence-electron chi connectivity index (χ3n) is 3.20. The maximum atomic E-state index is 9.56. The number of benzene rings is 2. The Hall–Kier alpha value is -1.29. The first-order valence-corrected chi connectivity index (χ1v) is 7.93. The summed E-state index contributed by atoms with van der Waals surface area (Å²) >= 11 is 1.85. The van der Waals surface area contributed by atoms with Crippen molar-refractivity contribution in [2.75, 3.05) is 12.4 Å². The summed E-state index contributed by atoms with van der Waals surface area (Å²) in [4.78, 5) is 1.31. The SMILES string of the molecule is CCSc1ccccc1CN[C@@H](CO)c1ccccc1. The van der Waals surface area contributed by atoms with Crippen LogP contribution >= 0.6 is 11.8 Å². The highest BCUT2D eigenvalue weighted by Gasteiger charge is 2.10. The highest BCUT2D eigenvalue weighted by molar-refractivity contribution is 7.99. The minimum absolute atomic E-state index is 0.0177. The van der Waals surface area contributed by atoms with Gasteiger partial charge in [0.1, 0.15) is 0 Å². The van der Waals surface area contributed by atoms with Gasteiger partial charge in [0.25, 0.3) is 0 Å². The molecule has 2 aromatic carbocycles. The monoisotopic (exact) mass is 287 g/mol. The molecule has 0 fully saturated rings. The van der Waals surface area contributed by atoms with Gasteiger partial charge in [-0.05, 0) is 22.9 Å². The fraction of sp³-hybridized carbons (Fsp3) is 0.294. The van der Waals surface area contributed by atoms with Crippen molar-refractivity contribution in [2.24, 2.45) is 0 Å². The van der Waals surface area contributed by atoms with E-state index in [2.05, 4.69) is 36.5 Å². The van der Waals surface area contributed by atoms with Crippen LogP contribution in [0.4, 0.5) is 0 Å². The van der Waals surface area contributed by atoms with Gasteiger partial charge in [-0.15, -0.1) is 11.8 Å². The van der Waals surface area contributed by atoms with Crippen LogP contribution in [0.5, 0.6) is 0 Å². The van der Waals surface area contributed by atoms with Gasteiger partial charge in [0.15, 0.2) is 0 Å². The van der Waals surface area contributed by atoms with Crippen LogP contribution in [0.2, 0.25) is 0 Å². The molecule has 0 radical (unpaired) electrons. The summed E-state index contributed by atoms with van der Waals surface area (Å²) in [5.41, 5.74) is 2.41. The fourth-order valence-corrected chi connectivity index (χ4v) is 2.96. The minimum atomic E-state index is -0.0177. The Morgan fingerprint density at radius 3 is 2.45 bits per heavy atom. The van der Waals surface area contributed by atoms with Gasteiger partial charge >= 0.3 is 0 Å². The van der Waals surface area contributed by atoms with Gasteiger partial charge in [0.2, 0.25) is 0 Å². The Balaban J connectivity index is 2.04. The predicted octanol–water partition coefficient (Wildman–Crippen LogP) is 3.62. The first-order valence-electron chi connectivity index (χ1n) is 6.95. The molecule has 2 N–H and O–H groups in total. The van der Waals surface area contributed by atoms with E-state index in [1.54, 1.807) is 0 Å². The van der Waals surface area contributed by atoms with E-state index in [-0.39, 0.29) is 12.6 Å².